The maximum Gasteiger partial charge on any atom is 0.275 e. The number of H-pyrrole nitrogens is 1. The molecule has 252 valence electrons. The number of benzene rings is 2. The fourth-order valence-electron chi connectivity index (χ4n) is 5.58. The molecule has 6 rings (SSSR count). The molecular formula is C35H37N9O5. The lowest BCUT2D eigenvalue weighted by Gasteiger charge is -2.22. The summed E-state index contributed by atoms with van der Waals surface area (Å²) in [4.78, 5) is 66.6. The van der Waals surface area contributed by atoms with Crippen molar-refractivity contribution >= 4 is 34.7 Å². The Labute approximate surface area is 282 Å². The maximum atomic E-state index is 14.1. The monoisotopic (exact) mass is 663 g/mol. The zero-order valence-corrected chi connectivity index (χ0v) is 26.8. The van der Waals surface area contributed by atoms with E-state index in [9.17, 15) is 19.2 Å². The third kappa shape index (κ3) is 8.46. The molecule has 0 saturated carbocycles. The Bertz CT molecular complexity index is 1910. The zero-order chi connectivity index (χ0) is 34.0. The number of pyridine rings is 1. The maximum absolute atomic E-state index is 14.1. The molecule has 0 aliphatic carbocycles. The van der Waals surface area contributed by atoms with Gasteiger partial charge in [0, 0.05) is 43.2 Å². The molecule has 5 aromatic rings. The van der Waals surface area contributed by atoms with Crippen LogP contribution in [0.2, 0.25) is 0 Å². The third-order valence-electron chi connectivity index (χ3n) is 8.05. The van der Waals surface area contributed by atoms with Gasteiger partial charge in [-0.1, -0.05) is 36.4 Å². The van der Waals surface area contributed by atoms with Crippen molar-refractivity contribution in [3.05, 3.63) is 108 Å². The van der Waals surface area contributed by atoms with E-state index in [1.165, 1.54) is 11.2 Å². The van der Waals surface area contributed by atoms with Gasteiger partial charge in [0.25, 0.3) is 11.8 Å². The molecule has 4 heterocycles. The fourth-order valence-corrected chi connectivity index (χ4v) is 5.58. The molecule has 4 amide bonds. The largest absolute Gasteiger partial charge is 0.492 e. The molecule has 0 saturated heterocycles. The number of aromatic amines is 1. The molecule has 1 aliphatic rings. The number of hydrogen-bond acceptors (Lipinski definition) is 8. The molecule has 1 atom stereocenters. The summed E-state index contributed by atoms with van der Waals surface area (Å²) in [5.74, 6) is -1.12. The van der Waals surface area contributed by atoms with E-state index in [1.54, 1.807) is 53.5 Å². The fraction of sp³-hybridized carbons (Fsp3) is 0.286. The number of hydrogen-bond donors (Lipinski definition) is 4. The number of imidazole rings is 1. The molecule has 0 unspecified atom stereocenters. The van der Waals surface area contributed by atoms with Crippen LogP contribution < -0.4 is 20.7 Å². The number of rotatable bonds is 5. The van der Waals surface area contributed by atoms with Crippen LogP contribution in [0.1, 0.15) is 44.9 Å². The van der Waals surface area contributed by atoms with Crippen LogP contribution in [-0.2, 0) is 22.6 Å². The van der Waals surface area contributed by atoms with Gasteiger partial charge in [-0.25, -0.2) is 14.6 Å². The molecule has 0 radical (unpaired) electrons. The van der Waals surface area contributed by atoms with E-state index in [0.29, 0.717) is 54.0 Å². The number of amides is 4. The van der Waals surface area contributed by atoms with Crippen LogP contribution in [0.4, 0.5) is 0 Å². The first-order valence-electron chi connectivity index (χ1n) is 16.1. The van der Waals surface area contributed by atoms with Crippen LogP contribution in [0.3, 0.4) is 0 Å². The number of carbonyl (C=O) groups is 4. The molecule has 49 heavy (non-hydrogen) atoms. The minimum absolute atomic E-state index is 0.135. The summed E-state index contributed by atoms with van der Waals surface area (Å²) in [5, 5.41) is 13.8. The highest BCUT2D eigenvalue weighted by atomic mass is 16.5. The van der Waals surface area contributed by atoms with Crippen LogP contribution >= 0.6 is 0 Å². The lowest BCUT2D eigenvalue weighted by Crippen LogP contribution is -2.48. The first-order chi connectivity index (χ1) is 23.9. The smallest absolute Gasteiger partial charge is 0.275 e. The molecule has 0 spiro atoms. The van der Waals surface area contributed by atoms with E-state index in [1.807, 2.05) is 30.3 Å². The van der Waals surface area contributed by atoms with Gasteiger partial charge in [-0.2, -0.15) is 5.10 Å². The second-order valence-corrected chi connectivity index (χ2v) is 11.6. The van der Waals surface area contributed by atoms with Gasteiger partial charge in [-0.15, -0.1) is 0 Å². The second kappa shape index (κ2) is 15.7. The highest BCUT2D eigenvalue weighted by Gasteiger charge is 2.26. The third-order valence-corrected chi connectivity index (χ3v) is 8.05. The van der Waals surface area contributed by atoms with Crippen LogP contribution in [0.5, 0.6) is 5.75 Å². The quantitative estimate of drug-likeness (QED) is 0.221. The summed E-state index contributed by atoms with van der Waals surface area (Å²) >= 11 is 0. The number of ether oxygens (including phenoxy) is 1. The summed E-state index contributed by atoms with van der Waals surface area (Å²) in [6.07, 6.45) is 5.99. The standard InChI is InChI=1S/C35H37N9O5/c45-30-22-43(35(48)31-28-12-7-14-38-32(28)44(42-31)21-24-8-2-1-3-9-24)16-5-4-13-39-34(47)29(19-26-20-36-23-40-26)41-33(46)25-10-6-11-27(18-25)49-17-15-37-30/h1-3,6-12,14,18,20,23,29H,4-5,13,15-17,19,21-22H2,(H,36,40)(H,37,45)(H,39,47)(H,41,46)/t29-/m0/s1. The predicted molar refractivity (Wildman–Crippen MR) is 180 cm³/mol. The van der Waals surface area contributed by atoms with Gasteiger partial charge in [-0.3, -0.25) is 19.2 Å². The lowest BCUT2D eigenvalue weighted by molar-refractivity contribution is -0.123. The van der Waals surface area contributed by atoms with Crippen molar-refractivity contribution in [2.75, 3.05) is 32.8 Å². The Morgan fingerprint density at radius 3 is 2.67 bits per heavy atom. The van der Waals surface area contributed by atoms with Gasteiger partial charge in [-0.05, 0) is 48.7 Å². The van der Waals surface area contributed by atoms with E-state index in [-0.39, 0.29) is 50.2 Å². The van der Waals surface area contributed by atoms with Gasteiger partial charge < -0.3 is 30.6 Å². The summed E-state index contributed by atoms with van der Waals surface area (Å²) in [6.45, 7) is 1.08. The Balaban J connectivity index is 1.20. The number of carbonyl (C=O) groups excluding carboxylic acids is 4. The zero-order valence-electron chi connectivity index (χ0n) is 26.8. The Hall–Kier alpha value is -6.05. The number of nitrogens with zero attached hydrogens (tertiary/aromatic N) is 5. The van der Waals surface area contributed by atoms with Gasteiger partial charge >= 0.3 is 0 Å². The van der Waals surface area contributed by atoms with Crippen molar-refractivity contribution in [2.45, 2.75) is 31.8 Å². The van der Waals surface area contributed by atoms with Gasteiger partial charge in [0.15, 0.2) is 11.3 Å². The van der Waals surface area contributed by atoms with E-state index < -0.39 is 17.9 Å². The average molecular weight is 664 g/mol. The van der Waals surface area contributed by atoms with Crippen molar-refractivity contribution in [2.24, 2.45) is 0 Å². The topological polar surface area (TPSA) is 176 Å². The van der Waals surface area contributed by atoms with Crippen LogP contribution in [0.25, 0.3) is 11.0 Å². The molecule has 14 nitrogen and oxygen atoms in total. The average Bonchev–Trinajstić information content (AvgIpc) is 3.77. The van der Waals surface area contributed by atoms with Crippen LogP contribution in [-0.4, -0.2) is 92.1 Å². The molecule has 2 aromatic carbocycles. The highest BCUT2D eigenvalue weighted by molar-refractivity contribution is 6.05. The predicted octanol–water partition coefficient (Wildman–Crippen LogP) is 2.09. The SMILES string of the molecule is O=C1CN(C(=O)c2nn(Cc3ccccc3)c3ncccc23)CCCCNC(=O)[C@H](Cc2cnc[nH]2)NC(=O)c2cccc(c2)OCCN1. The van der Waals surface area contributed by atoms with Crippen molar-refractivity contribution in [3.8, 4) is 5.75 Å². The molecule has 2 bridgehead atoms. The molecule has 1 aliphatic heterocycles. The second-order valence-electron chi connectivity index (χ2n) is 11.6. The molecule has 4 N–H and O–H groups in total. The molecule has 14 heteroatoms. The Kier molecular flexibility index (Phi) is 10.5. The molecule has 3 aromatic heterocycles. The highest BCUT2D eigenvalue weighted by Crippen LogP contribution is 2.20. The van der Waals surface area contributed by atoms with Crippen LogP contribution in [0, 0.1) is 0 Å². The summed E-state index contributed by atoms with van der Waals surface area (Å²) in [5.41, 5.74) is 2.79. The normalized spacial score (nSPS) is 16.8. The summed E-state index contributed by atoms with van der Waals surface area (Å²) in [7, 11) is 0. The minimum atomic E-state index is -0.868. The van der Waals surface area contributed by atoms with E-state index in [4.69, 9.17) is 4.74 Å². The number of nitrogens with one attached hydrogen (secondary N) is 4. The first kappa shape index (κ1) is 32.9. The van der Waals surface area contributed by atoms with Gasteiger partial charge in [0.1, 0.15) is 18.4 Å². The number of fused-ring (bicyclic) bond motifs is 3. The van der Waals surface area contributed by atoms with Crippen LogP contribution in [0.15, 0.2) is 85.5 Å². The van der Waals surface area contributed by atoms with Crippen molar-refractivity contribution < 1.29 is 23.9 Å². The van der Waals surface area contributed by atoms with Crippen molar-refractivity contribution in [1.82, 2.24) is 45.6 Å². The van der Waals surface area contributed by atoms with E-state index in [0.717, 1.165) is 5.56 Å². The lowest BCUT2D eigenvalue weighted by atomic mass is 10.1. The Morgan fingerprint density at radius 2 is 1.84 bits per heavy atom. The summed E-state index contributed by atoms with van der Waals surface area (Å²) < 4.78 is 7.50. The van der Waals surface area contributed by atoms with E-state index >= 15 is 0 Å². The van der Waals surface area contributed by atoms with E-state index in [2.05, 4.69) is 36.0 Å². The first-order valence-corrected chi connectivity index (χ1v) is 16.1. The molecular weight excluding hydrogens is 626 g/mol. The summed E-state index contributed by atoms with van der Waals surface area (Å²) in [6, 6.07) is 19.0. The molecule has 0 fully saturated rings. The van der Waals surface area contributed by atoms with Crippen molar-refractivity contribution in [1.29, 1.82) is 0 Å². The minimum Gasteiger partial charge on any atom is -0.492 e. The van der Waals surface area contributed by atoms with Crippen molar-refractivity contribution in [3.63, 3.8) is 0 Å². The van der Waals surface area contributed by atoms with Gasteiger partial charge in [0.2, 0.25) is 11.8 Å². The van der Waals surface area contributed by atoms with Gasteiger partial charge in [0.05, 0.1) is 31.3 Å². The number of aromatic nitrogens is 5. The Morgan fingerprint density at radius 1 is 0.959 bits per heavy atom.